The van der Waals surface area contributed by atoms with Crippen LogP contribution in [-0.2, 0) is 13.1 Å². The molecular weight excluding hydrogens is 472 g/mol. The largest absolute Gasteiger partial charge is 0.335 e. The summed E-state index contributed by atoms with van der Waals surface area (Å²) in [6.45, 7) is 6.37. The maximum atomic E-state index is 14.0. The fourth-order valence-corrected chi connectivity index (χ4v) is 6.10. The Labute approximate surface area is 225 Å². The van der Waals surface area contributed by atoms with Crippen molar-refractivity contribution in [2.45, 2.75) is 45.7 Å². The summed E-state index contributed by atoms with van der Waals surface area (Å²) in [5.41, 5.74) is 8.16. The fourth-order valence-electron chi connectivity index (χ4n) is 6.10. The van der Waals surface area contributed by atoms with E-state index in [4.69, 9.17) is 0 Å². The summed E-state index contributed by atoms with van der Waals surface area (Å²) in [6.07, 6.45) is 7.10. The molecule has 1 aliphatic carbocycles. The molecule has 0 radical (unpaired) electrons. The molecule has 6 rings (SSSR count). The van der Waals surface area contributed by atoms with Crippen molar-refractivity contribution >= 4 is 23.1 Å². The van der Waals surface area contributed by atoms with Gasteiger partial charge in [0.25, 0.3) is 11.8 Å². The van der Waals surface area contributed by atoms with E-state index in [0.717, 1.165) is 61.5 Å². The molecule has 2 aromatic carbocycles. The molecule has 1 saturated heterocycles. The van der Waals surface area contributed by atoms with E-state index in [1.807, 2.05) is 52.3 Å². The molecule has 2 aliphatic heterocycles. The number of hydrogen-bond acceptors (Lipinski definition) is 3. The zero-order chi connectivity index (χ0) is 26.2. The number of likely N-dealkylation sites (N-methyl/N-ethyl adjacent to an activating group) is 1. The van der Waals surface area contributed by atoms with Crippen LogP contribution in [0.2, 0.25) is 0 Å². The number of hydrogen-bond donors (Lipinski definition) is 0. The molecule has 1 fully saturated rings. The molecule has 196 valence electrons. The van der Waals surface area contributed by atoms with E-state index >= 15 is 0 Å². The van der Waals surface area contributed by atoms with Gasteiger partial charge in [0, 0.05) is 43.1 Å². The highest BCUT2D eigenvalue weighted by molar-refractivity contribution is 6.07. The van der Waals surface area contributed by atoms with E-state index in [1.54, 1.807) is 0 Å². The van der Waals surface area contributed by atoms with E-state index in [9.17, 15) is 9.59 Å². The molecule has 3 aromatic rings. The minimum atomic E-state index is -0.00804. The quantitative estimate of drug-likeness (QED) is 0.479. The number of fused-ring (bicyclic) bond motifs is 2. The highest BCUT2D eigenvalue weighted by Gasteiger charge is 2.29. The zero-order valence-electron chi connectivity index (χ0n) is 22.4. The lowest BCUT2D eigenvalue weighted by molar-refractivity contribution is 0.0653. The molecule has 0 saturated carbocycles. The van der Waals surface area contributed by atoms with E-state index in [0.29, 0.717) is 24.3 Å². The van der Waals surface area contributed by atoms with Gasteiger partial charge >= 0.3 is 0 Å². The normalized spacial score (nSPS) is 17.9. The molecular formula is C32H36N4O2. The summed E-state index contributed by atoms with van der Waals surface area (Å²) < 4.78 is 2.11. The SMILES string of the molecule is Cc1cc(C(=O)N2Cc3ccc(C(=O)N4CCN(C)CC4)n3Cc3ccccc32)ccc1C1=CCCCC1. The second-order valence-electron chi connectivity index (χ2n) is 10.9. The topological polar surface area (TPSA) is 48.8 Å². The van der Waals surface area contributed by atoms with Crippen LogP contribution in [0.1, 0.15) is 68.9 Å². The molecule has 0 atom stereocenters. The van der Waals surface area contributed by atoms with Crippen molar-refractivity contribution in [1.29, 1.82) is 0 Å². The Hall–Kier alpha value is -3.64. The second-order valence-corrected chi connectivity index (χ2v) is 10.9. The predicted molar refractivity (Wildman–Crippen MR) is 152 cm³/mol. The Morgan fingerprint density at radius 3 is 2.42 bits per heavy atom. The molecule has 0 spiro atoms. The van der Waals surface area contributed by atoms with Crippen LogP contribution in [0.25, 0.3) is 5.57 Å². The van der Waals surface area contributed by atoms with Crippen LogP contribution in [0.15, 0.2) is 60.7 Å². The Bertz CT molecular complexity index is 1410. The smallest absolute Gasteiger partial charge is 0.270 e. The zero-order valence-corrected chi connectivity index (χ0v) is 22.4. The minimum absolute atomic E-state index is 0.00804. The van der Waals surface area contributed by atoms with Gasteiger partial charge in [0.05, 0.1) is 13.1 Å². The summed E-state index contributed by atoms with van der Waals surface area (Å²) in [4.78, 5) is 33.6. The van der Waals surface area contributed by atoms with Gasteiger partial charge in [0.15, 0.2) is 0 Å². The molecule has 3 aliphatic rings. The van der Waals surface area contributed by atoms with Crippen LogP contribution >= 0.6 is 0 Å². The van der Waals surface area contributed by atoms with Gasteiger partial charge in [0.1, 0.15) is 5.69 Å². The average Bonchev–Trinajstić information content (AvgIpc) is 3.26. The summed E-state index contributed by atoms with van der Waals surface area (Å²) in [7, 11) is 2.09. The van der Waals surface area contributed by atoms with Gasteiger partial charge in [-0.2, -0.15) is 0 Å². The lowest BCUT2D eigenvalue weighted by Crippen LogP contribution is -2.47. The molecule has 0 unspecified atom stereocenters. The number of piperazine rings is 1. The Morgan fingerprint density at radius 2 is 1.66 bits per heavy atom. The molecule has 0 N–H and O–H groups in total. The lowest BCUT2D eigenvalue weighted by atomic mass is 9.90. The first-order chi connectivity index (χ1) is 18.5. The number of carbonyl (C=O) groups is 2. The number of aromatic nitrogens is 1. The van der Waals surface area contributed by atoms with E-state index < -0.39 is 0 Å². The average molecular weight is 509 g/mol. The van der Waals surface area contributed by atoms with Gasteiger partial charge in [-0.05, 0) is 92.2 Å². The van der Waals surface area contributed by atoms with E-state index in [1.165, 1.54) is 24.0 Å². The fraction of sp³-hybridized carbons (Fsp3) is 0.375. The summed E-state index contributed by atoms with van der Waals surface area (Å²) in [5, 5.41) is 0. The maximum Gasteiger partial charge on any atom is 0.270 e. The van der Waals surface area contributed by atoms with Crippen molar-refractivity contribution in [2.24, 2.45) is 0 Å². The molecule has 2 amide bonds. The number of allylic oxidation sites excluding steroid dienone is 2. The molecule has 6 heteroatoms. The van der Waals surface area contributed by atoms with Crippen LogP contribution < -0.4 is 4.90 Å². The molecule has 0 bridgehead atoms. The first-order valence-corrected chi connectivity index (χ1v) is 13.9. The number of amides is 2. The molecule has 38 heavy (non-hydrogen) atoms. The Kier molecular flexibility index (Phi) is 6.66. The van der Waals surface area contributed by atoms with Crippen molar-refractivity contribution < 1.29 is 9.59 Å². The standard InChI is InChI=1S/C32H36N4O2/c1-23-20-25(12-14-28(23)24-8-4-3-5-9-24)31(37)36-22-27-13-15-30(32(38)34-18-16-33(2)17-19-34)35(27)21-26-10-6-7-11-29(26)36/h6-8,10-15,20H,3-5,9,16-19,21-22H2,1-2H3. The van der Waals surface area contributed by atoms with Gasteiger partial charge in [-0.25, -0.2) is 0 Å². The number of anilines is 1. The van der Waals surface area contributed by atoms with Crippen LogP contribution in [0.5, 0.6) is 0 Å². The highest BCUT2D eigenvalue weighted by Crippen LogP contribution is 2.33. The van der Waals surface area contributed by atoms with Crippen LogP contribution in [0, 0.1) is 6.92 Å². The van der Waals surface area contributed by atoms with Crippen molar-refractivity contribution in [3.05, 3.63) is 94.3 Å². The highest BCUT2D eigenvalue weighted by atomic mass is 16.2. The number of para-hydroxylation sites is 1. The van der Waals surface area contributed by atoms with Crippen molar-refractivity contribution in [3.8, 4) is 0 Å². The number of carbonyl (C=O) groups excluding carboxylic acids is 2. The second kappa shape index (κ2) is 10.3. The number of benzene rings is 2. The van der Waals surface area contributed by atoms with Crippen molar-refractivity contribution in [3.63, 3.8) is 0 Å². The molecule has 3 heterocycles. The van der Waals surface area contributed by atoms with E-state index in [2.05, 4.69) is 41.6 Å². The third kappa shape index (κ3) is 4.58. The number of aryl methyl sites for hydroxylation is 1. The van der Waals surface area contributed by atoms with Crippen LogP contribution in [0.4, 0.5) is 5.69 Å². The van der Waals surface area contributed by atoms with Gasteiger partial charge in [-0.1, -0.05) is 30.3 Å². The third-order valence-corrected chi connectivity index (χ3v) is 8.37. The Morgan fingerprint density at radius 1 is 0.842 bits per heavy atom. The van der Waals surface area contributed by atoms with Crippen LogP contribution in [-0.4, -0.2) is 59.4 Å². The van der Waals surface area contributed by atoms with Gasteiger partial charge in [-0.15, -0.1) is 0 Å². The van der Waals surface area contributed by atoms with Crippen molar-refractivity contribution in [1.82, 2.24) is 14.4 Å². The summed E-state index contributed by atoms with van der Waals surface area (Å²) in [6, 6.07) is 18.2. The first kappa shape index (κ1) is 24.7. The summed E-state index contributed by atoms with van der Waals surface area (Å²) in [5.74, 6) is 0.0659. The molecule has 1 aromatic heterocycles. The van der Waals surface area contributed by atoms with E-state index in [-0.39, 0.29) is 11.8 Å². The predicted octanol–water partition coefficient (Wildman–Crippen LogP) is 5.35. The maximum absolute atomic E-state index is 14.0. The van der Waals surface area contributed by atoms with Crippen molar-refractivity contribution in [2.75, 3.05) is 38.1 Å². The van der Waals surface area contributed by atoms with Gasteiger partial charge < -0.3 is 19.3 Å². The van der Waals surface area contributed by atoms with Crippen LogP contribution in [0.3, 0.4) is 0 Å². The number of rotatable bonds is 3. The number of nitrogens with zero attached hydrogens (tertiary/aromatic N) is 4. The Balaban J connectivity index is 1.32. The minimum Gasteiger partial charge on any atom is -0.335 e. The third-order valence-electron chi connectivity index (χ3n) is 8.37. The summed E-state index contributed by atoms with van der Waals surface area (Å²) >= 11 is 0. The first-order valence-electron chi connectivity index (χ1n) is 13.9. The lowest BCUT2D eigenvalue weighted by Gasteiger charge is -2.32. The van der Waals surface area contributed by atoms with Gasteiger partial charge in [0.2, 0.25) is 0 Å². The van der Waals surface area contributed by atoms with Gasteiger partial charge in [-0.3, -0.25) is 9.59 Å². The monoisotopic (exact) mass is 508 g/mol. The molecule has 6 nitrogen and oxygen atoms in total.